The van der Waals surface area contributed by atoms with Gasteiger partial charge in [-0.2, -0.15) is 0 Å². The molecule has 1 aliphatic rings. The molecular formula is C27H30N2O2. The van der Waals surface area contributed by atoms with Crippen LogP contribution in [0.1, 0.15) is 49.6 Å². The largest absolute Gasteiger partial charge is 0.465 e. The zero-order valence-electron chi connectivity index (χ0n) is 18.3. The van der Waals surface area contributed by atoms with Crippen LogP contribution in [0.3, 0.4) is 0 Å². The van der Waals surface area contributed by atoms with Gasteiger partial charge < -0.3 is 14.6 Å². The molecule has 4 heteroatoms. The first-order chi connectivity index (χ1) is 15.1. The number of piperidine rings is 1. The Morgan fingerprint density at radius 1 is 1.03 bits per heavy atom. The summed E-state index contributed by atoms with van der Waals surface area (Å²) in [6.45, 7) is 6.58. The van der Waals surface area contributed by atoms with Gasteiger partial charge in [-0.25, -0.2) is 0 Å². The summed E-state index contributed by atoms with van der Waals surface area (Å²) in [5.41, 5.74) is 3.80. The first kappa shape index (κ1) is 21.0. The Bertz CT molecular complexity index is 999. The minimum atomic E-state index is -0.121. The summed E-state index contributed by atoms with van der Waals surface area (Å²) in [5, 5.41) is 3.15. The van der Waals surface area contributed by atoms with Gasteiger partial charge in [0, 0.05) is 18.8 Å². The summed E-state index contributed by atoms with van der Waals surface area (Å²) < 4.78 is 5.44. The van der Waals surface area contributed by atoms with E-state index in [-0.39, 0.29) is 11.9 Å². The van der Waals surface area contributed by atoms with Gasteiger partial charge in [0.25, 0.3) is 5.91 Å². The molecule has 3 aromatic rings. The van der Waals surface area contributed by atoms with Gasteiger partial charge in [0.15, 0.2) is 0 Å². The summed E-state index contributed by atoms with van der Waals surface area (Å²) in [4.78, 5) is 15.6. The monoisotopic (exact) mass is 414 g/mol. The number of carbonyl (C=O) groups is 1. The van der Waals surface area contributed by atoms with E-state index in [2.05, 4.69) is 41.4 Å². The summed E-state index contributed by atoms with van der Waals surface area (Å²) in [6.07, 6.45) is 5.90. The van der Waals surface area contributed by atoms with Crippen molar-refractivity contribution in [2.24, 2.45) is 5.92 Å². The van der Waals surface area contributed by atoms with Crippen molar-refractivity contribution >= 4 is 23.2 Å². The molecule has 160 valence electrons. The van der Waals surface area contributed by atoms with E-state index in [1.807, 2.05) is 49.4 Å². The van der Waals surface area contributed by atoms with Gasteiger partial charge in [0.05, 0.1) is 17.9 Å². The Balaban J connectivity index is 1.47. The SMILES string of the molecule is CC1CCN(c2ccc([C@@H](C)NC(=O)/C(=C/c3ccco3)c3ccccc3)cc2)CC1. The Hall–Kier alpha value is -3.27. The number of rotatable bonds is 6. The van der Waals surface area contributed by atoms with E-state index in [0.717, 1.165) is 30.1 Å². The van der Waals surface area contributed by atoms with Crippen LogP contribution in [0.15, 0.2) is 77.4 Å². The van der Waals surface area contributed by atoms with Gasteiger partial charge in [-0.1, -0.05) is 49.4 Å². The number of nitrogens with one attached hydrogen (secondary N) is 1. The highest BCUT2D eigenvalue weighted by atomic mass is 16.3. The molecule has 1 atom stereocenters. The molecule has 0 aliphatic carbocycles. The van der Waals surface area contributed by atoms with E-state index in [0.29, 0.717) is 11.3 Å². The highest BCUT2D eigenvalue weighted by Crippen LogP contribution is 2.25. The molecule has 1 aromatic heterocycles. The molecule has 0 radical (unpaired) electrons. The van der Waals surface area contributed by atoms with Gasteiger partial charge >= 0.3 is 0 Å². The van der Waals surface area contributed by atoms with Crippen molar-refractivity contribution in [3.05, 3.63) is 89.9 Å². The summed E-state index contributed by atoms with van der Waals surface area (Å²) in [7, 11) is 0. The van der Waals surface area contributed by atoms with E-state index in [1.54, 1.807) is 12.3 Å². The molecule has 0 unspecified atom stereocenters. The number of amides is 1. The quantitative estimate of drug-likeness (QED) is 0.508. The van der Waals surface area contributed by atoms with Gasteiger partial charge in [-0.15, -0.1) is 0 Å². The highest BCUT2D eigenvalue weighted by Gasteiger charge is 2.18. The number of nitrogens with zero attached hydrogens (tertiary/aromatic N) is 1. The normalized spacial score (nSPS) is 16.2. The number of carbonyl (C=O) groups excluding carboxylic acids is 1. The number of anilines is 1. The van der Waals surface area contributed by atoms with E-state index in [1.165, 1.54) is 18.5 Å². The van der Waals surface area contributed by atoms with Crippen LogP contribution in [-0.4, -0.2) is 19.0 Å². The number of benzene rings is 2. The predicted molar refractivity (Wildman–Crippen MR) is 127 cm³/mol. The second-order valence-electron chi connectivity index (χ2n) is 8.40. The lowest BCUT2D eigenvalue weighted by atomic mass is 9.98. The maximum Gasteiger partial charge on any atom is 0.252 e. The standard InChI is InChI=1S/C27H30N2O2/c1-20-14-16-29(17-15-20)24-12-10-22(11-13-24)21(2)28-27(30)26(19-25-9-6-18-31-25)23-7-4-3-5-8-23/h3-13,18-21H,14-17H2,1-2H3,(H,28,30)/b26-19+/t21-/m1/s1. The fraction of sp³-hybridized carbons (Fsp3) is 0.296. The Morgan fingerprint density at radius 3 is 2.39 bits per heavy atom. The molecule has 0 spiro atoms. The van der Waals surface area contributed by atoms with Crippen molar-refractivity contribution in [2.75, 3.05) is 18.0 Å². The van der Waals surface area contributed by atoms with Crippen molar-refractivity contribution in [2.45, 2.75) is 32.7 Å². The zero-order chi connectivity index (χ0) is 21.6. The number of furan rings is 1. The summed E-state index contributed by atoms with van der Waals surface area (Å²) in [6, 6.07) is 21.8. The van der Waals surface area contributed by atoms with E-state index < -0.39 is 0 Å². The molecule has 0 bridgehead atoms. The zero-order valence-corrected chi connectivity index (χ0v) is 18.3. The number of hydrogen-bond donors (Lipinski definition) is 1. The predicted octanol–water partition coefficient (Wildman–Crippen LogP) is 5.93. The van der Waals surface area contributed by atoms with Gasteiger partial charge in [-0.3, -0.25) is 4.79 Å². The van der Waals surface area contributed by atoms with Crippen LogP contribution in [0, 0.1) is 5.92 Å². The molecule has 4 nitrogen and oxygen atoms in total. The molecule has 1 amide bonds. The lowest BCUT2D eigenvalue weighted by Gasteiger charge is -2.32. The second-order valence-corrected chi connectivity index (χ2v) is 8.40. The molecule has 1 fully saturated rings. The van der Waals surface area contributed by atoms with Crippen LogP contribution < -0.4 is 10.2 Å². The molecule has 2 aromatic carbocycles. The highest BCUT2D eigenvalue weighted by molar-refractivity contribution is 6.24. The molecule has 1 N–H and O–H groups in total. The molecule has 0 saturated carbocycles. The Kier molecular flexibility index (Phi) is 6.56. The average molecular weight is 415 g/mol. The third-order valence-electron chi connectivity index (χ3n) is 6.05. The maximum absolute atomic E-state index is 13.2. The van der Waals surface area contributed by atoms with Crippen LogP contribution in [-0.2, 0) is 4.79 Å². The van der Waals surface area contributed by atoms with Crippen LogP contribution in [0.25, 0.3) is 11.6 Å². The minimum Gasteiger partial charge on any atom is -0.465 e. The fourth-order valence-corrected chi connectivity index (χ4v) is 4.01. The third-order valence-corrected chi connectivity index (χ3v) is 6.05. The average Bonchev–Trinajstić information content (AvgIpc) is 3.32. The maximum atomic E-state index is 13.2. The Morgan fingerprint density at radius 2 is 1.74 bits per heavy atom. The fourth-order valence-electron chi connectivity index (χ4n) is 4.01. The van der Waals surface area contributed by atoms with Gasteiger partial charge in [-0.05, 0) is 67.2 Å². The minimum absolute atomic E-state index is 0.105. The van der Waals surface area contributed by atoms with E-state index in [4.69, 9.17) is 4.42 Å². The summed E-state index contributed by atoms with van der Waals surface area (Å²) in [5.74, 6) is 1.35. The van der Waals surface area contributed by atoms with Crippen LogP contribution in [0.2, 0.25) is 0 Å². The topological polar surface area (TPSA) is 45.5 Å². The van der Waals surface area contributed by atoms with Crippen LogP contribution >= 0.6 is 0 Å². The Labute approximate surface area is 184 Å². The molecule has 4 rings (SSSR count). The smallest absolute Gasteiger partial charge is 0.252 e. The molecule has 1 aliphatic heterocycles. The van der Waals surface area contributed by atoms with Crippen molar-refractivity contribution in [1.29, 1.82) is 0 Å². The first-order valence-corrected chi connectivity index (χ1v) is 11.1. The van der Waals surface area contributed by atoms with E-state index >= 15 is 0 Å². The third kappa shape index (κ3) is 5.26. The lowest BCUT2D eigenvalue weighted by molar-refractivity contribution is -0.116. The van der Waals surface area contributed by atoms with Crippen molar-refractivity contribution in [3.63, 3.8) is 0 Å². The van der Waals surface area contributed by atoms with Crippen molar-refractivity contribution in [1.82, 2.24) is 5.32 Å². The molecule has 2 heterocycles. The van der Waals surface area contributed by atoms with E-state index in [9.17, 15) is 4.79 Å². The van der Waals surface area contributed by atoms with Gasteiger partial charge in [0.1, 0.15) is 5.76 Å². The van der Waals surface area contributed by atoms with Crippen molar-refractivity contribution in [3.8, 4) is 0 Å². The van der Waals surface area contributed by atoms with Crippen molar-refractivity contribution < 1.29 is 9.21 Å². The van der Waals surface area contributed by atoms with Gasteiger partial charge in [0.2, 0.25) is 0 Å². The second kappa shape index (κ2) is 9.69. The molecule has 31 heavy (non-hydrogen) atoms. The van der Waals surface area contributed by atoms with Crippen LogP contribution in [0.4, 0.5) is 5.69 Å². The number of hydrogen-bond acceptors (Lipinski definition) is 3. The summed E-state index contributed by atoms with van der Waals surface area (Å²) >= 11 is 0. The lowest BCUT2D eigenvalue weighted by Crippen LogP contribution is -2.32. The molecular weight excluding hydrogens is 384 g/mol. The first-order valence-electron chi connectivity index (χ1n) is 11.1. The molecule has 1 saturated heterocycles. The van der Waals surface area contributed by atoms with Crippen LogP contribution in [0.5, 0.6) is 0 Å².